The third-order valence-corrected chi connectivity index (χ3v) is 3.56. The van der Waals surface area contributed by atoms with Gasteiger partial charge in [-0.25, -0.2) is 13.6 Å². The third-order valence-electron chi connectivity index (χ3n) is 2.43. The van der Waals surface area contributed by atoms with Crippen molar-refractivity contribution in [2.24, 2.45) is 5.14 Å². The van der Waals surface area contributed by atoms with Crippen molar-refractivity contribution < 1.29 is 13.2 Å². The molecular formula is C11H15ClN2O3S. The fourth-order valence-corrected chi connectivity index (χ4v) is 1.94. The van der Waals surface area contributed by atoms with E-state index in [4.69, 9.17) is 16.7 Å². The standard InChI is InChI=1S/C11H15ClN2O3S/c1-7(12)11(15)14-8(2)9-3-5-10(6-4-9)18(13,16)17/h3-8H,1-2H3,(H,14,15)(H2,13,16,17). The van der Waals surface area contributed by atoms with E-state index in [9.17, 15) is 13.2 Å². The van der Waals surface area contributed by atoms with Crippen LogP contribution in [-0.2, 0) is 14.8 Å². The number of sulfonamides is 1. The number of benzene rings is 1. The van der Waals surface area contributed by atoms with Gasteiger partial charge in [0.1, 0.15) is 5.38 Å². The molecule has 100 valence electrons. The summed E-state index contributed by atoms with van der Waals surface area (Å²) in [5.41, 5.74) is 0.771. The molecular weight excluding hydrogens is 276 g/mol. The molecule has 1 rings (SSSR count). The lowest BCUT2D eigenvalue weighted by Crippen LogP contribution is -2.31. The van der Waals surface area contributed by atoms with E-state index in [-0.39, 0.29) is 16.8 Å². The van der Waals surface area contributed by atoms with E-state index < -0.39 is 15.4 Å². The van der Waals surface area contributed by atoms with Crippen molar-refractivity contribution >= 4 is 27.5 Å². The van der Waals surface area contributed by atoms with Crippen LogP contribution in [0.25, 0.3) is 0 Å². The Hall–Kier alpha value is -1.11. The van der Waals surface area contributed by atoms with Gasteiger partial charge in [-0.05, 0) is 31.5 Å². The van der Waals surface area contributed by atoms with Crippen molar-refractivity contribution in [2.45, 2.75) is 30.2 Å². The van der Waals surface area contributed by atoms with Gasteiger partial charge in [0, 0.05) is 0 Å². The van der Waals surface area contributed by atoms with Crippen LogP contribution in [-0.4, -0.2) is 19.7 Å². The maximum Gasteiger partial charge on any atom is 0.238 e. The van der Waals surface area contributed by atoms with Gasteiger partial charge in [-0.15, -0.1) is 11.6 Å². The summed E-state index contributed by atoms with van der Waals surface area (Å²) in [5, 5.41) is 7.08. The minimum absolute atomic E-state index is 0.0375. The van der Waals surface area contributed by atoms with Crippen LogP contribution in [0.2, 0.25) is 0 Å². The zero-order valence-corrected chi connectivity index (χ0v) is 11.6. The highest BCUT2D eigenvalue weighted by molar-refractivity contribution is 7.89. The lowest BCUT2D eigenvalue weighted by atomic mass is 10.1. The van der Waals surface area contributed by atoms with Crippen molar-refractivity contribution in [2.75, 3.05) is 0 Å². The molecule has 0 fully saturated rings. The van der Waals surface area contributed by atoms with Gasteiger partial charge < -0.3 is 5.32 Å². The SMILES string of the molecule is CC(Cl)C(=O)NC(C)c1ccc(S(N)(=O)=O)cc1. The Morgan fingerprint density at radius 3 is 2.17 bits per heavy atom. The van der Waals surface area contributed by atoms with Gasteiger partial charge in [0.2, 0.25) is 15.9 Å². The molecule has 18 heavy (non-hydrogen) atoms. The number of halogens is 1. The van der Waals surface area contributed by atoms with Crippen LogP contribution in [0.5, 0.6) is 0 Å². The van der Waals surface area contributed by atoms with Crippen LogP contribution >= 0.6 is 11.6 Å². The van der Waals surface area contributed by atoms with Gasteiger partial charge >= 0.3 is 0 Å². The largest absolute Gasteiger partial charge is 0.348 e. The number of primary sulfonamides is 1. The smallest absolute Gasteiger partial charge is 0.238 e. The van der Waals surface area contributed by atoms with Gasteiger partial charge in [-0.3, -0.25) is 4.79 Å². The quantitative estimate of drug-likeness (QED) is 0.815. The number of hydrogen-bond acceptors (Lipinski definition) is 3. The maximum atomic E-state index is 11.4. The van der Waals surface area contributed by atoms with E-state index in [1.54, 1.807) is 26.0 Å². The normalized spacial score (nSPS) is 14.9. The van der Waals surface area contributed by atoms with E-state index >= 15 is 0 Å². The summed E-state index contributed by atoms with van der Waals surface area (Å²) in [6, 6.07) is 5.75. The summed E-state index contributed by atoms with van der Waals surface area (Å²) >= 11 is 5.64. The van der Waals surface area contributed by atoms with Crippen molar-refractivity contribution in [1.29, 1.82) is 0 Å². The second-order valence-corrected chi connectivity index (χ2v) is 6.18. The highest BCUT2D eigenvalue weighted by atomic mass is 35.5. The number of carbonyl (C=O) groups excluding carboxylic acids is 1. The third kappa shape index (κ3) is 3.97. The molecule has 7 heteroatoms. The number of rotatable bonds is 4. The minimum atomic E-state index is -3.69. The van der Waals surface area contributed by atoms with Crippen LogP contribution in [0.15, 0.2) is 29.2 Å². The van der Waals surface area contributed by atoms with E-state index in [1.165, 1.54) is 12.1 Å². The van der Waals surface area contributed by atoms with Crippen molar-refractivity contribution in [1.82, 2.24) is 5.32 Å². The molecule has 0 saturated heterocycles. The maximum absolute atomic E-state index is 11.4. The Kier molecular flexibility index (Phi) is 4.72. The Morgan fingerprint density at radius 1 is 1.28 bits per heavy atom. The zero-order valence-electron chi connectivity index (χ0n) is 10.1. The molecule has 5 nitrogen and oxygen atoms in total. The average Bonchev–Trinajstić information content (AvgIpc) is 2.27. The molecule has 0 bridgehead atoms. The van der Waals surface area contributed by atoms with Crippen LogP contribution in [0.3, 0.4) is 0 Å². The Morgan fingerprint density at radius 2 is 1.78 bits per heavy atom. The first-order valence-electron chi connectivity index (χ1n) is 5.29. The summed E-state index contributed by atoms with van der Waals surface area (Å²) in [6.45, 7) is 3.36. The van der Waals surface area contributed by atoms with Crippen molar-refractivity contribution in [3.8, 4) is 0 Å². The molecule has 1 aromatic carbocycles. The van der Waals surface area contributed by atoms with E-state index in [2.05, 4.69) is 5.32 Å². The summed E-state index contributed by atoms with van der Waals surface area (Å²) in [7, 11) is -3.69. The first-order chi connectivity index (χ1) is 8.21. The number of amides is 1. The minimum Gasteiger partial charge on any atom is -0.348 e. The summed E-state index contributed by atoms with van der Waals surface area (Å²) in [5.74, 6) is -0.278. The van der Waals surface area contributed by atoms with E-state index in [0.717, 1.165) is 5.56 Å². The van der Waals surface area contributed by atoms with Crippen LogP contribution in [0.4, 0.5) is 0 Å². The number of nitrogens with two attached hydrogens (primary N) is 1. The second-order valence-electron chi connectivity index (χ2n) is 3.96. The second kappa shape index (κ2) is 5.69. The van der Waals surface area contributed by atoms with E-state index in [1.807, 2.05) is 0 Å². The van der Waals surface area contributed by atoms with Crippen LogP contribution in [0.1, 0.15) is 25.5 Å². The molecule has 0 spiro atoms. The lowest BCUT2D eigenvalue weighted by molar-refractivity contribution is -0.121. The molecule has 0 saturated carbocycles. The molecule has 0 aromatic heterocycles. The van der Waals surface area contributed by atoms with Gasteiger partial charge in [0.15, 0.2) is 0 Å². The number of alkyl halides is 1. The molecule has 0 radical (unpaired) electrons. The van der Waals surface area contributed by atoms with Crippen LogP contribution < -0.4 is 10.5 Å². The fourth-order valence-electron chi connectivity index (χ4n) is 1.36. The summed E-state index contributed by atoms with van der Waals surface area (Å²) in [6.07, 6.45) is 0. The zero-order chi connectivity index (χ0) is 13.9. The molecule has 2 unspecified atom stereocenters. The fraction of sp³-hybridized carbons (Fsp3) is 0.364. The van der Waals surface area contributed by atoms with Gasteiger partial charge in [0.25, 0.3) is 0 Å². The summed E-state index contributed by atoms with van der Waals surface area (Å²) in [4.78, 5) is 11.4. The average molecular weight is 291 g/mol. The Labute approximate surface area is 111 Å². The molecule has 0 aliphatic carbocycles. The number of hydrogen-bond donors (Lipinski definition) is 2. The van der Waals surface area contributed by atoms with E-state index in [0.29, 0.717) is 0 Å². The van der Waals surface area contributed by atoms with Crippen molar-refractivity contribution in [3.63, 3.8) is 0 Å². The highest BCUT2D eigenvalue weighted by Gasteiger charge is 2.14. The Balaban J connectivity index is 2.83. The van der Waals surface area contributed by atoms with Gasteiger partial charge in [0.05, 0.1) is 10.9 Å². The first kappa shape index (κ1) is 14.9. The van der Waals surface area contributed by atoms with Crippen molar-refractivity contribution in [3.05, 3.63) is 29.8 Å². The van der Waals surface area contributed by atoms with Crippen LogP contribution in [0, 0.1) is 0 Å². The predicted octanol–water partition coefficient (Wildman–Crippen LogP) is 1.14. The molecule has 1 amide bonds. The predicted molar refractivity (Wildman–Crippen MR) is 69.7 cm³/mol. The summed E-state index contributed by atoms with van der Waals surface area (Å²) < 4.78 is 22.1. The molecule has 1 aromatic rings. The topological polar surface area (TPSA) is 89.3 Å². The first-order valence-corrected chi connectivity index (χ1v) is 7.27. The highest BCUT2D eigenvalue weighted by Crippen LogP contribution is 2.15. The Bertz CT molecular complexity index is 526. The van der Waals surface area contributed by atoms with Gasteiger partial charge in [-0.2, -0.15) is 0 Å². The monoisotopic (exact) mass is 290 g/mol. The lowest BCUT2D eigenvalue weighted by Gasteiger charge is -2.15. The van der Waals surface area contributed by atoms with Gasteiger partial charge in [-0.1, -0.05) is 12.1 Å². The number of nitrogens with one attached hydrogen (secondary N) is 1. The molecule has 0 heterocycles. The number of carbonyl (C=O) groups is 1. The molecule has 3 N–H and O–H groups in total. The molecule has 0 aliphatic heterocycles. The molecule has 2 atom stereocenters. The molecule has 0 aliphatic rings.